The maximum absolute atomic E-state index is 13.8. The number of carbonyl (C=O) groups is 2. The molecule has 0 radical (unpaired) electrons. The van der Waals surface area contributed by atoms with Gasteiger partial charge in [0.2, 0.25) is 0 Å². The number of halogens is 2. The number of hydrogen-bond donors (Lipinski definition) is 2. The van der Waals surface area contributed by atoms with Gasteiger partial charge in [0.1, 0.15) is 23.7 Å². The lowest BCUT2D eigenvalue weighted by molar-refractivity contribution is 0.102. The number of nitrogens with one attached hydrogen (secondary N) is 2. The normalized spacial score (nSPS) is 10.4. The van der Waals surface area contributed by atoms with Gasteiger partial charge < -0.3 is 10.3 Å². The van der Waals surface area contributed by atoms with Gasteiger partial charge >= 0.3 is 0 Å². The zero-order valence-electron chi connectivity index (χ0n) is 12.1. The fourth-order valence-electron chi connectivity index (χ4n) is 2.06. The molecule has 3 rings (SSSR count). The summed E-state index contributed by atoms with van der Waals surface area (Å²) < 4.78 is 13.8. The van der Waals surface area contributed by atoms with Gasteiger partial charge in [0.15, 0.2) is 5.78 Å². The SMILES string of the molecule is O=C(Nc1ccncn1)c1cc(C(=O)c2c(F)cccc2Cl)c[nH]1. The van der Waals surface area contributed by atoms with Crippen molar-refractivity contribution in [1.82, 2.24) is 15.0 Å². The molecular weight excluding hydrogens is 335 g/mol. The van der Waals surface area contributed by atoms with Gasteiger partial charge in [-0.25, -0.2) is 14.4 Å². The molecule has 1 amide bonds. The van der Waals surface area contributed by atoms with Crippen LogP contribution in [0.25, 0.3) is 0 Å². The highest BCUT2D eigenvalue weighted by Gasteiger charge is 2.20. The van der Waals surface area contributed by atoms with E-state index in [-0.39, 0.29) is 21.8 Å². The van der Waals surface area contributed by atoms with E-state index in [1.807, 2.05) is 0 Å². The molecule has 0 fully saturated rings. The summed E-state index contributed by atoms with van der Waals surface area (Å²) in [6.45, 7) is 0. The number of ketones is 1. The predicted molar refractivity (Wildman–Crippen MR) is 85.6 cm³/mol. The molecule has 0 saturated carbocycles. The third-order valence-corrected chi connectivity index (χ3v) is 3.52. The highest BCUT2D eigenvalue weighted by Crippen LogP contribution is 2.22. The molecule has 0 aliphatic heterocycles. The average molecular weight is 345 g/mol. The van der Waals surface area contributed by atoms with Crippen LogP contribution >= 0.6 is 11.6 Å². The molecule has 2 N–H and O–H groups in total. The quantitative estimate of drug-likeness (QED) is 0.712. The highest BCUT2D eigenvalue weighted by atomic mass is 35.5. The molecule has 8 heteroatoms. The topological polar surface area (TPSA) is 87.7 Å². The fraction of sp³-hybridized carbons (Fsp3) is 0. The van der Waals surface area contributed by atoms with E-state index in [9.17, 15) is 14.0 Å². The van der Waals surface area contributed by atoms with Crippen molar-refractivity contribution >= 4 is 29.1 Å². The molecule has 0 spiro atoms. The molecule has 120 valence electrons. The predicted octanol–water partition coefficient (Wildman–Crippen LogP) is 3.08. The summed E-state index contributed by atoms with van der Waals surface area (Å²) in [5, 5.41) is 2.55. The largest absolute Gasteiger partial charge is 0.356 e. The minimum atomic E-state index is -0.722. The van der Waals surface area contributed by atoms with Gasteiger partial charge in [0.25, 0.3) is 5.91 Å². The van der Waals surface area contributed by atoms with Gasteiger partial charge in [-0.2, -0.15) is 0 Å². The van der Waals surface area contributed by atoms with Crippen molar-refractivity contribution in [2.24, 2.45) is 0 Å². The number of amides is 1. The molecular formula is C16H10ClFN4O2. The van der Waals surface area contributed by atoms with Crippen LogP contribution in [0.15, 0.2) is 49.1 Å². The van der Waals surface area contributed by atoms with E-state index < -0.39 is 17.5 Å². The molecule has 2 heterocycles. The Kier molecular flexibility index (Phi) is 4.35. The van der Waals surface area contributed by atoms with E-state index in [0.29, 0.717) is 5.82 Å². The van der Waals surface area contributed by atoms with Gasteiger partial charge in [0.05, 0.1) is 10.6 Å². The summed E-state index contributed by atoms with van der Waals surface area (Å²) >= 11 is 5.89. The van der Waals surface area contributed by atoms with Crippen LogP contribution in [0.4, 0.5) is 10.2 Å². The number of anilines is 1. The molecule has 3 aromatic rings. The number of nitrogens with zero attached hydrogens (tertiary/aromatic N) is 2. The van der Waals surface area contributed by atoms with E-state index in [4.69, 9.17) is 11.6 Å². The number of H-pyrrole nitrogens is 1. The van der Waals surface area contributed by atoms with Crippen LogP contribution in [0, 0.1) is 5.82 Å². The first-order valence-electron chi connectivity index (χ1n) is 6.81. The lowest BCUT2D eigenvalue weighted by atomic mass is 10.1. The first-order valence-corrected chi connectivity index (χ1v) is 7.18. The number of aromatic nitrogens is 3. The van der Waals surface area contributed by atoms with Gasteiger partial charge in [-0.1, -0.05) is 17.7 Å². The summed E-state index contributed by atoms with van der Waals surface area (Å²) in [6.07, 6.45) is 4.09. The van der Waals surface area contributed by atoms with Crippen molar-refractivity contribution in [2.75, 3.05) is 5.32 Å². The summed E-state index contributed by atoms with van der Waals surface area (Å²) in [4.78, 5) is 34.8. The second kappa shape index (κ2) is 6.59. The van der Waals surface area contributed by atoms with Crippen molar-refractivity contribution < 1.29 is 14.0 Å². The molecule has 24 heavy (non-hydrogen) atoms. The van der Waals surface area contributed by atoms with Crippen LogP contribution in [0.2, 0.25) is 5.02 Å². The molecule has 0 aliphatic carbocycles. The highest BCUT2D eigenvalue weighted by molar-refractivity contribution is 6.35. The number of rotatable bonds is 4. The van der Waals surface area contributed by atoms with Crippen molar-refractivity contribution in [3.63, 3.8) is 0 Å². The summed E-state index contributed by atoms with van der Waals surface area (Å²) in [7, 11) is 0. The minimum Gasteiger partial charge on any atom is -0.356 e. The number of carbonyl (C=O) groups excluding carboxylic acids is 2. The lowest BCUT2D eigenvalue weighted by Crippen LogP contribution is -2.13. The Morgan fingerprint density at radius 1 is 1.25 bits per heavy atom. The maximum atomic E-state index is 13.8. The van der Waals surface area contributed by atoms with Gasteiger partial charge in [-0.15, -0.1) is 0 Å². The molecule has 1 aromatic carbocycles. The summed E-state index contributed by atoms with van der Waals surface area (Å²) in [5.41, 5.74) is 0.0141. The smallest absolute Gasteiger partial charge is 0.273 e. The van der Waals surface area contributed by atoms with Crippen molar-refractivity contribution in [2.45, 2.75) is 0 Å². The Balaban J connectivity index is 1.83. The molecule has 0 bridgehead atoms. The number of aromatic amines is 1. The Morgan fingerprint density at radius 2 is 2.08 bits per heavy atom. The zero-order valence-corrected chi connectivity index (χ0v) is 12.8. The van der Waals surface area contributed by atoms with Crippen molar-refractivity contribution in [3.8, 4) is 0 Å². The average Bonchev–Trinajstić information content (AvgIpc) is 3.05. The monoisotopic (exact) mass is 344 g/mol. The number of hydrogen-bond acceptors (Lipinski definition) is 4. The van der Waals surface area contributed by atoms with Crippen LogP contribution in [0.5, 0.6) is 0 Å². The van der Waals surface area contributed by atoms with E-state index in [1.54, 1.807) is 0 Å². The van der Waals surface area contributed by atoms with Crippen LogP contribution < -0.4 is 5.32 Å². The van der Waals surface area contributed by atoms with Gasteiger partial charge in [0, 0.05) is 18.0 Å². The Hall–Kier alpha value is -3.06. The number of benzene rings is 1. The molecule has 6 nitrogen and oxygen atoms in total. The maximum Gasteiger partial charge on any atom is 0.273 e. The van der Waals surface area contributed by atoms with Crippen LogP contribution in [0.1, 0.15) is 26.4 Å². The lowest BCUT2D eigenvalue weighted by Gasteiger charge is -2.03. The summed E-state index contributed by atoms with van der Waals surface area (Å²) in [5.74, 6) is -1.52. The van der Waals surface area contributed by atoms with Crippen molar-refractivity contribution in [3.05, 3.63) is 76.7 Å². The Morgan fingerprint density at radius 3 is 2.79 bits per heavy atom. The van der Waals surface area contributed by atoms with Crippen LogP contribution in [0.3, 0.4) is 0 Å². The third-order valence-electron chi connectivity index (χ3n) is 3.20. The van der Waals surface area contributed by atoms with E-state index in [0.717, 1.165) is 6.07 Å². The van der Waals surface area contributed by atoms with E-state index >= 15 is 0 Å². The standard InChI is InChI=1S/C16H10ClFN4O2/c17-10-2-1-3-11(18)14(10)15(23)9-6-12(20-7-9)16(24)22-13-4-5-19-8-21-13/h1-8,20H,(H,19,21,22,24). The summed E-state index contributed by atoms with van der Waals surface area (Å²) in [6, 6.07) is 6.82. The third kappa shape index (κ3) is 3.16. The molecule has 0 saturated heterocycles. The van der Waals surface area contributed by atoms with Crippen LogP contribution in [-0.2, 0) is 0 Å². The second-order valence-corrected chi connectivity index (χ2v) is 5.18. The fourth-order valence-corrected chi connectivity index (χ4v) is 2.31. The Bertz CT molecular complexity index is 891. The first-order chi connectivity index (χ1) is 11.6. The van der Waals surface area contributed by atoms with Crippen LogP contribution in [-0.4, -0.2) is 26.6 Å². The van der Waals surface area contributed by atoms with E-state index in [1.165, 1.54) is 43.0 Å². The molecule has 0 atom stereocenters. The zero-order chi connectivity index (χ0) is 17.1. The first kappa shape index (κ1) is 15.8. The van der Waals surface area contributed by atoms with Gasteiger partial charge in [-0.05, 0) is 24.3 Å². The Labute approximate surface area is 140 Å². The molecule has 0 aliphatic rings. The second-order valence-electron chi connectivity index (χ2n) is 4.78. The van der Waals surface area contributed by atoms with Gasteiger partial charge in [-0.3, -0.25) is 9.59 Å². The van der Waals surface area contributed by atoms with E-state index in [2.05, 4.69) is 20.3 Å². The molecule has 2 aromatic heterocycles. The minimum absolute atomic E-state index is 0.00758. The molecule has 0 unspecified atom stereocenters. The van der Waals surface area contributed by atoms with Crippen molar-refractivity contribution in [1.29, 1.82) is 0 Å².